The molecule has 0 unspecified atom stereocenters. The first-order chi connectivity index (χ1) is 15.9. The van der Waals surface area contributed by atoms with Crippen molar-refractivity contribution in [2.75, 3.05) is 48.1 Å². The summed E-state index contributed by atoms with van der Waals surface area (Å²) in [6.07, 6.45) is 1.76. The van der Waals surface area contributed by atoms with Crippen molar-refractivity contribution >= 4 is 11.9 Å². The molecule has 1 aromatic rings. The van der Waals surface area contributed by atoms with Crippen LogP contribution >= 0.6 is 0 Å². The van der Waals surface area contributed by atoms with Crippen LogP contribution in [-0.4, -0.2) is 82.6 Å². The van der Waals surface area contributed by atoms with E-state index in [2.05, 4.69) is 0 Å². The van der Waals surface area contributed by atoms with Gasteiger partial charge < -0.3 is 33.7 Å². The molecule has 1 aromatic carbocycles. The van der Waals surface area contributed by atoms with Crippen molar-refractivity contribution in [2.45, 2.75) is 38.3 Å². The van der Waals surface area contributed by atoms with E-state index in [9.17, 15) is 14.7 Å². The van der Waals surface area contributed by atoms with Crippen LogP contribution in [0.2, 0.25) is 0 Å². The SMILES string of the molecule is CCO[C@@H]1OC(C(=O)N(C)CC(OC)OC)=C[C@H](c2ccc(C(=O)OC)cc2)[C@H]1CCCO. The van der Waals surface area contributed by atoms with Crippen LogP contribution in [0.5, 0.6) is 0 Å². The molecular weight excluding hydrogens is 430 g/mol. The molecule has 184 valence electrons. The van der Waals surface area contributed by atoms with E-state index in [0.29, 0.717) is 25.0 Å². The molecule has 0 bridgehead atoms. The molecule has 1 amide bonds. The maximum absolute atomic E-state index is 13.2. The summed E-state index contributed by atoms with van der Waals surface area (Å²) in [6, 6.07) is 7.06. The molecule has 0 saturated carbocycles. The predicted molar refractivity (Wildman–Crippen MR) is 120 cm³/mol. The number of benzene rings is 1. The highest BCUT2D eigenvalue weighted by Crippen LogP contribution is 2.39. The lowest BCUT2D eigenvalue weighted by Gasteiger charge is -2.38. The normalized spacial score (nSPS) is 20.2. The van der Waals surface area contributed by atoms with E-state index in [1.54, 1.807) is 25.3 Å². The molecular formula is C24H35NO8. The fourth-order valence-electron chi connectivity index (χ4n) is 3.84. The van der Waals surface area contributed by atoms with Gasteiger partial charge in [0.05, 0.1) is 19.2 Å². The number of methoxy groups -OCH3 is 3. The zero-order valence-corrected chi connectivity index (χ0v) is 20.0. The van der Waals surface area contributed by atoms with E-state index in [1.165, 1.54) is 26.2 Å². The Hall–Kier alpha value is -2.46. The van der Waals surface area contributed by atoms with E-state index in [4.69, 9.17) is 23.7 Å². The Morgan fingerprint density at radius 1 is 1.15 bits per heavy atom. The molecule has 33 heavy (non-hydrogen) atoms. The molecule has 0 aromatic heterocycles. The number of nitrogens with zero attached hydrogens (tertiary/aromatic N) is 1. The van der Waals surface area contributed by atoms with Gasteiger partial charge in [-0.3, -0.25) is 4.79 Å². The fourth-order valence-corrected chi connectivity index (χ4v) is 3.84. The third-order valence-corrected chi connectivity index (χ3v) is 5.63. The summed E-state index contributed by atoms with van der Waals surface area (Å²) in [7, 11) is 5.99. The van der Waals surface area contributed by atoms with E-state index in [1.807, 2.05) is 19.1 Å². The number of aliphatic hydroxyl groups is 1. The minimum absolute atomic E-state index is 0.0387. The van der Waals surface area contributed by atoms with Crippen LogP contribution in [0.15, 0.2) is 36.1 Å². The summed E-state index contributed by atoms with van der Waals surface area (Å²) in [4.78, 5) is 26.5. The molecule has 1 aliphatic rings. The molecule has 0 spiro atoms. The first kappa shape index (κ1) is 26.8. The Morgan fingerprint density at radius 3 is 2.36 bits per heavy atom. The first-order valence-corrected chi connectivity index (χ1v) is 11.0. The number of carbonyl (C=O) groups excluding carboxylic acids is 2. The summed E-state index contributed by atoms with van der Waals surface area (Å²) >= 11 is 0. The molecule has 0 fully saturated rings. The van der Waals surface area contributed by atoms with E-state index in [0.717, 1.165) is 5.56 Å². The highest BCUT2D eigenvalue weighted by Gasteiger charge is 2.38. The second-order valence-corrected chi connectivity index (χ2v) is 7.73. The zero-order valence-electron chi connectivity index (χ0n) is 20.0. The van der Waals surface area contributed by atoms with Gasteiger partial charge >= 0.3 is 5.97 Å². The predicted octanol–water partition coefficient (Wildman–Crippen LogP) is 2.30. The highest BCUT2D eigenvalue weighted by molar-refractivity contribution is 5.91. The van der Waals surface area contributed by atoms with E-state index in [-0.39, 0.29) is 36.7 Å². The standard InChI is InChI=1S/C24H35NO8/c1-6-32-24-18(8-7-13-26)19(16-9-11-17(12-10-16)23(28)31-5)14-20(33-24)22(27)25(2)15-21(29-3)30-4/h9-12,14,18-19,21,24,26H,6-8,13,15H2,1-5H3/t18-,19-,24-/m1/s1. The number of aliphatic hydroxyl groups excluding tert-OH is 1. The molecule has 1 N–H and O–H groups in total. The molecule has 3 atom stereocenters. The Balaban J connectivity index is 2.40. The van der Waals surface area contributed by atoms with Crippen molar-refractivity contribution in [1.29, 1.82) is 0 Å². The van der Waals surface area contributed by atoms with Crippen molar-refractivity contribution in [2.24, 2.45) is 5.92 Å². The number of esters is 1. The largest absolute Gasteiger partial charge is 0.465 e. The lowest BCUT2D eigenvalue weighted by atomic mass is 9.80. The topological polar surface area (TPSA) is 104 Å². The fraction of sp³-hybridized carbons (Fsp3) is 0.583. The van der Waals surface area contributed by atoms with Crippen LogP contribution in [0.3, 0.4) is 0 Å². The number of hydrogen-bond donors (Lipinski definition) is 1. The number of carbonyl (C=O) groups is 2. The number of rotatable bonds is 12. The second kappa shape index (κ2) is 13.3. The molecule has 9 heteroatoms. The summed E-state index contributed by atoms with van der Waals surface area (Å²) < 4.78 is 27.1. The first-order valence-electron chi connectivity index (χ1n) is 11.0. The lowest BCUT2D eigenvalue weighted by molar-refractivity contribution is -0.172. The van der Waals surface area contributed by atoms with Gasteiger partial charge in [-0.2, -0.15) is 0 Å². The van der Waals surface area contributed by atoms with Gasteiger partial charge in [-0.15, -0.1) is 0 Å². The second-order valence-electron chi connectivity index (χ2n) is 7.73. The Kier molecular flexibility index (Phi) is 10.8. The third-order valence-electron chi connectivity index (χ3n) is 5.63. The van der Waals surface area contributed by atoms with Crippen LogP contribution in [0, 0.1) is 5.92 Å². The smallest absolute Gasteiger partial charge is 0.337 e. The average molecular weight is 466 g/mol. The van der Waals surface area contributed by atoms with Crippen LogP contribution in [0.25, 0.3) is 0 Å². The molecule has 1 heterocycles. The van der Waals surface area contributed by atoms with Gasteiger partial charge in [-0.25, -0.2) is 4.79 Å². The third kappa shape index (κ3) is 7.01. The van der Waals surface area contributed by atoms with Crippen molar-refractivity contribution in [3.05, 3.63) is 47.2 Å². The number of allylic oxidation sites excluding steroid dienone is 1. The molecule has 9 nitrogen and oxygen atoms in total. The molecule has 0 aliphatic carbocycles. The van der Waals surface area contributed by atoms with Gasteiger partial charge in [0, 0.05) is 46.3 Å². The minimum Gasteiger partial charge on any atom is -0.465 e. The number of amides is 1. The highest BCUT2D eigenvalue weighted by atomic mass is 16.7. The van der Waals surface area contributed by atoms with Gasteiger partial charge in [-0.1, -0.05) is 12.1 Å². The van der Waals surface area contributed by atoms with Gasteiger partial charge in [-0.05, 0) is 43.5 Å². The zero-order chi connectivity index (χ0) is 24.4. The Morgan fingerprint density at radius 2 is 1.82 bits per heavy atom. The number of likely N-dealkylation sites (N-methyl/N-ethyl adjacent to an activating group) is 1. The van der Waals surface area contributed by atoms with Crippen LogP contribution in [-0.2, 0) is 28.5 Å². The van der Waals surface area contributed by atoms with Crippen molar-refractivity contribution in [1.82, 2.24) is 4.90 Å². The maximum Gasteiger partial charge on any atom is 0.337 e. The molecule has 1 aliphatic heterocycles. The van der Waals surface area contributed by atoms with E-state index >= 15 is 0 Å². The number of ether oxygens (including phenoxy) is 5. The lowest BCUT2D eigenvalue weighted by Crippen LogP contribution is -2.42. The quantitative estimate of drug-likeness (QED) is 0.371. The summed E-state index contributed by atoms with van der Waals surface area (Å²) in [5.74, 6) is -0.925. The summed E-state index contributed by atoms with van der Waals surface area (Å²) in [5.41, 5.74) is 1.34. The van der Waals surface area contributed by atoms with Gasteiger partial charge in [0.2, 0.25) is 6.29 Å². The molecule has 0 radical (unpaired) electrons. The van der Waals surface area contributed by atoms with Crippen molar-refractivity contribution in [3.8, 4) is 0 Å². The van der Waals surface area contributed by atoms with Gasteiger partial charge in [0.15, 0.2) is 12.0 Å². The Labute approximate surface area is 195 Å². The Bertz CT molecular complexity index is 790. The summed E-state index contributed by atoms with van der Waals surface area (Å²) in [5, 5.41) is 9.41. The van der Waals surface area contributed by atoms with Crippen LogP contribution in [0.1, 0.15) is 41.6 Å². The average Bonchev–Trinajstić information content (AvgIpc) is 2.85. The van der Waals surface area contributed by atoms with Gasteiger partial charge in [0.1, 0.15) is 0 Å². The van der Waals surface area contributed by atoms with E-state index < -0.39 is 18.5 Å². The van der Waals surface area contributed by atoms with Crippen LogP contribution in [0.4, 0.5) is 0 Å². The van der Waals surface area contributed by atoms with Crippen LogP contribution < -0.4 is 0 Å². The monoisotopic (exact) mass is 465 g/mol. The summed E-state index contributed by atoms with van der Waals surface area (Å²) in [6.45, 7) is 2.52. The minimum atomic E-state index is -0.662. The van der Waals surface area contributed by atoms with Crippen molar-refractivity contribution < 1.29 is 38.4 Å². The molecule has 0 saturated heterocycles. The number of hydrogen-bond acceptors (Lipinski definition) is 8. The van der Waals surface area contributed by atoms with Crippen molar-refractivity contribution in [3.63, 3.8) is 0 Å². The maximum atomic E-state index is 13.2. The molecule has 2 rings (SSSR count). The van der Waals surface area contributed by atoms with Gasteiger partial charge in [0.25, 0.3) is 5.91 Å².